The number of rotatable bonds is 2. The highest BCUT2D eigenvalue weighted by atomic mass is 32.2. The summed E-state index contributed by atoms with van der Waals surface area (Å²) in [5.41, 5.74) is 0. The van der Waals surface area contributed by atoms with Crippen molar-refractivity contribution >= 4 is 21.6 Å². The molecule has 2 aliphatic rings. The van der Waals surface area contributed by atoms with E-state index < -0.39 is 15.2 Å². The van der Waals surface area contributed by atoms with Gasteiger partial charge in [0.2, 0.25) is 0 Å². The third-order valence-corrected chi connectivity index (χ3v) is 6.40. The zero-order valence-corrected chi connectivity index (χ0v) is 11.8. The van der Waals surface area contributed by atoms with Crippen LogP contribution >= 0.6 is 11.8 Å². The smallest absolute Gasteiger partial charge is 0.164 e. The number of sulfone groups is 1. The van der Waals surface area contributed by atoms with Crippen LogP contribution in [0.15, 0.2) is 0 Å². The Morgan fingerprint density at radius 2 is 2.00 bits per heavy atom. The molecule has 0 aromatic carbocycles. The Morgan fingerprint density at radius 1 is 1.29 bits per heavy atom. The number of hydrogen-bond donors (Lipinski definition) is 1. The van der Waals surface area contributed by atoms with Gasteiger partial charge < -0.3 is 5.11 Å². The monoisotopic (exact) mass is 279 g/mol. The van der Waals surface area contributed by atoms with Crippen molar-refractivity contribution in [2.75, 3.05) is 24.3 Å². The molecule has 1 saturated heterocycles. The molecule has 3 atom stereocenters. The molecule has 0 amide bonds. The highest BCUT2D eigenvalue weighted by Gasteiger charge is 2.38. The van der Waals surface area contributed by atoms with Crippen LogP contribution in [0.25, 0.3) is 0 Å². The van der Waals surface area contributed by atoms with Crippen LogP contribution in [0.2, 0.25) is 0 Å². The standard InChI is InChI=1S/C11H21NO3S2/c1-17(14,15)11-8-16-7-6-12(11)9-4-2-3-5-10(9)13/h9-11,13H,2-8H2,1H3/t9-,10-,11?/m0/s1. The van der Waals surface area contributed by atoms with Crippen LogP contribution < -0.4 is 0 Å². The molecule has 100 valence electrons. The van der Waals surface area contributed by atoms with Crippen LogP contribution in [0.3, 0.4) is 0 Å². The van der Waals surface area contributed by atoms with E-state index in [9.17, 15) is 13.5 Å². The van der Waals surface area contributed by atoms with Crippen molar-refractivity contribution < 1.29 is 13.5 Å². The minimum atomic E-state index is -3.05. The van der Waals surface area contributed by atoms with E-state index in [1.54, 1.807) is 11.8 Å². The summed E-state index contributed by atoms with van der Waals surface area (Å²) in [5.74, 6) is 1.61. The molecule has 0 radical (unpaired) electrons. The van der Waals surface area contributed by atoms with Gasteiger partial charge in [-0.2, -0.15) is 11.8 Å². The summed E-state index contributed by atoms with van der Waals surface area (Å²) in [4.78, 5) is 2.04. The van der Waals surface area contributed by atoms with Crippen LogP contribution in [0.5, 0.6) is 0 Å². The number of hydrogen-bond acceptors (Lipinski definition) is 5. The molecule has 17 heavy (non-hydrogen) atoms. The summed E-state index contributed by atoms with van der Waals surface area (Å²) < 4.78 is 23.6. The molecule has 0 bridgehead atoms. The zero-order valence-electron chi connectivity index (χ0n) is 10.2. The van der Waals surface area contributed by atoms with E-state index in [1.807, 2.05) is 4.90 Å². The molecule has 6 heteroatoms. The van der Waals surface area contributed by atoms with Gasteiger partial charge in [-0.15, -0.1) is 0 Å². The summed E-state index contributed by atoms with van der Waals surface area (Å²) >= 11 is 1.70. The summed E-state index contributed by atoms with van der Waals surface area (Å²) in [6.45, 7) is 0.782. The van der Waals surface area contributed by atoms with Gasteiger partial charge >= 0.3 is 0 Å². The molecule has 0 aromatic heterocycles. The lowest BCUT2D eigenvalue weighted by Crippen LogP contribution is -2.56. The maximum atomic E-state index is 11.8. The van der Waals surface area contributed by atoms with Gasteiger partial charge in [-0.05, 0) is 12.8 Å². The van der Waals surface area contributed by atoms with Gasteiger partial charge in [0.15, 0.2) is 9.84 Å². The first kappa shape index (κ1) is 13.6. The first-order valence-electron chi connectivity index (χ1n) is 6.20. The van der Waals surface area contributed by atoms with Gasteiger partial charge in [-0.3, -0.25) is 4.90 Å². The lowest BCUT2D eigenvalue weighted by molar-refractivity contribution is 0.0178. The van der Waals surface area contributed by atoms with Gasteiger partial charge in [0.05, 0.1) is 6.10 Å². The van der Waals surface area contributed by atoms with Gasteiger partial charge in [0.25, 0.3) is 0 Å². The molecule has 1 heterocycles. The lowest BCUT2D eigenvalue weighted by atomic mass is 9.91. The largest absolute Gasteiger partial charge is 0.391 e. The summed E-state index contributed by atoms with van der Waals surface area (Å²) in [6.07, 6.45) is 4.86. The molecule has 1 unspecified atom stereocenters. The normalized spacial score (nSPS) is 36.9. The van der Waals surface area contributed by atoms with E-state index in [-0.39, 0.29) is 12.1 Å². The molecule has 1 saturated carbocycles. The molecule has 4 nitrogen and oxygen atoms in total. The van der Waals surface area contributed by atoms with E-state index in [4.69, 9.17) is 0 Å². The van der Waals surface area contributed by atoms with E-state index >= 15 is 0 Å². The number of aliphatic hydroxyl groups excluding tert-OH is 1. The van der Waals surface area contributed by atoms with Gasteiger partial charge in [0, 0.05) is 30.3 Å². The van der Waals surface area contributed by atoms with Crippen molar-refractivity contribution in [3.8, 4) is 0 Å². The average Bonchev–Trinajstić information content (AvgIpc) is 2.28. The molecule has 2 rings (SSSR count). The predicted octanol–water partition coefficient (Wildman–Crippen LogP) is 0.709. The number of aliphatic hydroxyl groups is 1. The number of nitrogens with zero attached hydrogens (tertiary/aromatic N) is 1. The van der Waals surface area contributed by atoms with E-state index in [0.29, 0.717) is 5.75 Å². The van der Waals surface area contributed by atoms with Crippen LogP contribution in [-0.4, -0.2) is 60.3 Å². The minimum absolute atomic E-state index is 0.0457. The first-order valence-corrected chi connectivity index (χ1v) is 9.31. The Kier molecular flexibility index (Phi) is 4.39. The van der Waals surface area contributed by atoms with Gasteiger partial charge in [-0.1, -0.05) is 12.8 Å². The Balaban J connectivity index is 2.15. The summed E-state index contributed by atoms with van der Waals surface area (Å²) in [5, 5.41) is 9.66. The fourth-order valence-corrected chi connectivity index (χ4v) is 5.75. The van der Waals surface area contributed by atoms with Crippen LogP contribution in [-0.2, 0) is 9.84 Å². The highest BCUT2D eigenvalue weighted by Crippen LogP contribution is 2.29. The SMILES string of the molecule is CS(=O)(=O)C1CSCCN1[C@H]1CCCC[C@@H]1O. The van der Waals surface area contributed by atoms with E-state index in [0.717, 1.165) is 38.0 Å². The van der Waals surface area contributed by atoms with Gasteiger partial charge in [0.1, 0.15) is 5.37 Å². The lowest BCUT2D eigenvalue weighted by Gasteiger charge is -2.43. The van der Waals surface area contributed by atoms with Crippen LogP contribution in [0, 0.1) is 0 Å². The second kappa shape index (κ2) is 5.47. The van der Waals surface area contributed by atoms with Gasteiger partial charge in [-0.25, -0.2) is 8.42 Å². The molecule has 0 spiro atoms. The second-order valence-corrected chi connectivity index (χ2v) is 8.37. The zero-order chi connectivity index (χ0) is 12.5. The first-order chi connectivity index (χ1) is 8.00. The van der Waals surface area contributed by atoms with Crippen LogP contribution in [0.4, 0.5) is 0 Å². The summed E-state index contributed by atoms with van der Waals surface area (Å²) in [7, 11) is -3.05. The Hall–Kier alpha value is 0.220. The fraction of sp³-hybridized carbons (Fsp3) is 1.00. The maximum absolute atomic E-state index is 11.8. The Morgan fingerprint density at radius 3 is 2.65 bits per heavy atom. The molecule has 1 N–H and O–H groups in total. The van der Waals surface area contributed by atoms with E-state index in [1.165, 1.54) is 6.26 Å². The third kappa shape index (κ3) is 3.16. The van der Waals surface area contributed by atoms with Crippen molar-refractivity contribution in [3.63, 3.8) is 0 Å². The minimum Gasteiger partial charge on any atom is -0.391 e. The molecular weight excluding hydrogens is 258 g/mol. The van der Waals surface area contributed by atoms with Crippen molar-refractivity contribution in [3.05, 3.63) is 0 Å². The Bertz CT molecular complexity index is 358. The van der Waals surface area contributed by atoms with Crippen molar-refractivity contribution in [2.24, 2.45) is 0 Å². The Labute approximate surface area is 108 Å². The van der Waals surface area contributed by atoms with Crippen LogP contribution in [0.1, 0.15) is 25.7 Å². The average molecular weight is 279 g/mol. The molecule has 0 aromatic rings. The topological polar surface area (TPSA) is 57.6 Å². The van der Waals surface area contributed by atoms with E-state index in [2.05, 4.69) is 0 Å². The predicted molar refractivity (Wildman–Crippen MR) is 70.9 cm³/mol. The maximum Gasteiger partial charge on any atom is 0.164 e. The number of thioether (sulfide) groups is 1. The summed E-state index contributed by atoms with van der Waals surface area (Å²) in [6, 6.07) is 0.0457. The second-order valence-electron chi connectivity index (χ2n) is 5.02. The third-order valence-electron chi connectivity index (χ3n) is 3.74. The highest BCUT2D eigenvalue weighted by molar-refractivity contribution is 8.00. The molecular formula is C11H21NO3S2. The molecule has 2 fully saturated rings. The fourth-order valence-electron chi connectivity index (χ4n) is 2.82. The molecule has 1 aliphatic carbocycles. The van der Waals surface area contributed by atoms with Crippen molar-refractivity contribution in [1.82, 2.24) is 4.90 Å². The van der Waals surface area contributed by atoms with Crippen molar-refractivity contribution in [2.45, 2.75) is 43.2 Å². The van der Waals surface area contributed by atoms with Crippen molar-refractivity contribution in [1.29, 1.82) is 0 Å². The quantitative estimate of drug-likeness (QED) is 0.807. The molecule has 1 aliphatic heterocycles.